The average molecular weight is 340 g/mol. The molecule has 0 spiro atoms. The van der Waals surface area contributed by atoms with Gasteiger partial charge in [0.2, 0.25) is 0 Å². The minimum absolute atomic E-state index is 0.563. The number of rotatable bonds is 5. The van der Waals surface area contributed by atoms with E-state index in [-0.39, 0.29) is 0 Å². The summed E-state index contributed by atoms with van der Waals surface area (Å²) >= 11 is 13.5. The molecule has 0 N–H and O–H groups in total. The van der Waals surface area contributed by atoms with Crippen LogP contribution in [0.1, 0.15) is 16.3 Å². The number of hydrogen-bond donors (Lipinski definition) is 0. The first-order chi connectivity index (χ1) is 10.2. The van der Waals surface area contributed by atoms with Crippen molar-refractivity contribution in [3.8, 4) is 0 Å². The minimum Gasteiger partial charge on any atom is -0.312 e. The van der Waals surface area contributed by atoms with E-state index in [4.69, 9.17) is 28.2 Å². The first-order valence-corrected chi connectivity index (χ1v) is 8.53. The lowest BCUT2D eigenvalue weighted by molar-refractivity contribution is 0.674. The lowest BCUT2D eigenvalue weighted by atomic mass is 10.3. The molecule has 3 aromatic rings. The van der Waals surface area contributed by atoms with Crippen LogP contribution >= 0.6 is 34.5 Å². The van der Waals surface area contributed by atoms with Crippen LogP contribution < -0.4 is 0 Å². The van der Waals surface area contributed by atoms with E-state index in [0.717, 1.165) is 46.3 Å². The molecule has 0 radical (unpaired) electrons. The molecule has 0 fully saturated rings. The lowest BCUT2D eigenvalue weighted by Gasteiger charge is -2.07. The van der Waals surface area contributed by atoms with E-state index in [9.17, 15) is 0 Å². The molecule has 0 aliphatic carbocycles. The molecule has 3 aromatic heterocycles. The number of alkyl halides is 1. The molecule has 3 nitrogen and oxygen atoms in total. The third-order valence-corrected chi connectivity index (χ3v) is 4.92. The number of fused-ring (bicyclic) bond motifs is 1. The monoisotopic (exact) mass is 339 g/mol. The van der Waals surface area contributed by atoms with Crippen molar-refractivity contribution in [3.05, 3.63) is 45.0 Å². The van der Waals surface area contributed by atoms with Crippen LogP contribution in [0.15, 0.2) is 24.4 Å². The van der Waals surface area contributed by atoms with Crippen LogP contribution in [-0.4, -0.2) is 20.4 Å². The highest BCUT2D eigenvalue weighted by Crippen LogP contribution is 2.24. The van der Waals surface area contributed by atoms with E-state index in [2.05, 4.69) is 22.5 Å². The molecule has 0 saturated heterocycles. The predicted molar refractivity (Wildman–Crippen MR) is 89.7 cm³/mol. The Labute approximate surface area is 137 Å². The van der Waals surface area contributed by atoms with Gasteiger partial charge in [-0.1, -0.05) is 11.6 Å². The second-order valence-corrected chi connectivity index (χ2v) is 7.05. The van der Waals surface area contributed by atoms with Crippen LogP contribution in [0.5, 0.6) is 0 Å². The van der Waals surface area contributed by atoms with Crippen molar-refractivity contribution < 1.29 is 0 Å². The number of nitrogens with zero attached hydrogens (tertiary/aromatic N) is 3. The van der Waals surface area contributed by atoms with E-state index in [1.807, 2.05) is 18.3 Å². The van der Waals surface area contributed by atoms with Gasteiger partial charge in [-0.15, -0.1) is 22.9 Å². The Bertz CT molecular complexity index is 763. The zero-order chi connectivity index (χ0) is 14.8. The molecule has 0 saturated carbocycles. The molecule has 3 heterocycles. The molecule has 0 aromatic carbocycles. The Hall–Kier alpha value is -1.10. The summed E-state index contributed by atoms with van der Waals surface area (Å²) in [7, 11) is 0. The van der Waals surface area contributed by atoms with Gasteiger partial charge in [-0.05, 0) is 37.1 Å². The highest BCUT2D eigenvalue weighted by molar-refractivity contribution is 7.16. The van der Waals surface area contributed by atoms with E-state index in [0.29, 0.717) is 5.88 Å². The highest BCUT2D eigenvalue weighted by atomic mass is 35.5. The van der Waals surface area contributed by atoms with Gasteiger partial charge < -0.3 is 4.57 Å². The number of aromatic nitrogens is 3. The second kappa shape index (κ2) is 6.34. The number of pyridine rings is 1. The van der Waals surface area contributed by atoms with E-state index in [1.165, 1.54) is 4.88 Å². The number of hydrogen-bond acceptors (Lipinski definition) is 3. The normalized spacial score (nSPS) is 11.4. The van der Waals surface area contributed by atoms with Crippen molar-refractivity contribution in [1.82, 2.24) is 14.5 Å². The molecule has 0 aliphatic rings. The van der Waals surface area contributed by atoms with E-state index in [1.54, 1.807) is 11.3 Å². The fraction of sp³-hybridized carbons (Fsp3) is 0.333. The zero-order valence-electron chi connectivity index (χ0n) is 11.6. The summed E-state index contributed by atoms with van der Waals surface area (Å²) in [6, 6.07) is 6.00. The van der Waals surface area contributed by atoms with Crippen molar-refractivity contribution in [2.75, 3.05) is 5.88 Å². The summed E-state index contributed by atoms with van der Waals surface area (Å²) in [5, 5.41) is 0. The topological polar surface area (TPSA) is 30.7 Å². The molecule has 0 unspecified atom stereocenters. The van der Waals surface area contributed by atoms with Crippen LogP contribution in [0.3, 0.4) is 0 Å². The summed E-state index contributed by atoms with van der Waals surface area (Å²) < 4.78 is 3.01. The van der Waals surface area contributed by atoms with Crippen molar-refractivity contribution in [2.24, 2.45) is 0 Å². The van der Waals surface area contributed by atoms with Crippen LogP contribution in [0.4, 0.5) is 0 Å². The van der Waals surface area contributed by atoms with E-state index >= 15 is 0 Å². The van der Waals surface area contributed by atoms with Gasteiger partial charge in [0.1, 0.15) is 11.3 Å². The van der Waals surface area contributed by atoms with Crippen molar-refractivity contribution in [2.45, 2.75) is 26.3 Å². The Morgan fingerprint density at radius 3 is 2.81 bits per heavy atom. The Kier molecular flexibility index (Phi) is 4.48. The molecule has 110 valence electrons. The molecule has 0 aliphatic heterocycles. The second-order valence-electron chi connectivity index (χ2n) is 4.87. The van der Waals surface area contributed by atoms with Crippen LogP contribution in [0.2, 0.25) is 4.34 Å². The Morgan fingerprint density at radius 2 is 2.10 bits per heavy atom. The summed E-state index contributed by atoms with van der Waals surface area (Å²) in [4.78, 5) is 10.5. The third kappa shape index (κ3) is 3.07. The van der Waals surface area contributed by atoms with Gasteiger partial charge in [0.15, 0.2) is 5.65 Å². The molecule has 0 amide bonds. The molecular formula is C15H15Cl2N3S. The van der Waals surface area contributed by atoms with Gasteiger partial charge >= 0.3 is 0 Å². The summed E-state index contributed by atoms with van der Waals surface area (Å²) in [5.74, 6) is 1.57. The van der Waals surface area contributed by atoms with Crippen LogP contribution in [-0.2, 0) is 19.4 Å². The smallest absolute Gasteiger partial charge is 0.160 e. The van der Waals surface area contributed by atoms with Crippen molar-refractivity contribution >= 4 is 45.7 Å². The maximum absolute atomic E-state index is 5.99. The van der Waals surface area contributed by atoms with Crippen molar-refractivity contribution in [1.29, 1.82) is 0 Å². The maximum atomic E-state index is 5.99. The molecule has 6 heteroatoms. The predicted octanol–water partition coefficient (Wildman–Crippen LogP) is 4.48. The van der Waals surface area contributed by atoms with Crippen molar-refractivity contribution in [3.63, 3.8) is 0 Å². The largest absolute Gasteiger partial charge is 0.312 e. The zero-order valence-corrected chi connectivity index (χ0v) is 14.0. The number of thiophene rings is 1. The van der Waals surface area contributed by atoms with Crippen LogP contribution in [0.25, 0.3) is 11.2 Å². The minimum atomic E-state index is 0.563. The molecule has 21 heavy (non-hydrogen) atoms. The fourth-order valence-corrected chi connectivity index (χ4v) is 3.65. The maximum Gasteiger partial charge on any atom is 0.160 e. The summed E-state index contributed by atoms with van der Waals surface area (Å²) in [6.45, 7) is 2.90. The van der Waals surface area contributed by atoms with Gasteiger partial charge in [-0.25, -0.2) is 9.97 Å². The molecular weight excluding hydrogens is 325 g/mol. The van der Waals surface area contributed by atoms with E-state index < -0.39 is 0 Å². The molecule has 0 atom stereocenters. The van der Waals surface area contributed by atoms with Gasteiger partial charge in [0.25, 0.3) is 0 Å². The Morgan fingerprint density at radius 1 is 1.24 bits per heavy atom. The lowest BCUT2D eigenvalue weighted by Crippen LogP contribution is -2.07. The first kappa shape index (κ1) is 14.8. The number of halogens is 2. The standard InChI is InChI=1S/C15H15Cl2N3S/c1-10-5-8-18-15-14(10)19-13(4-7-16)20(15)9-6-11-2-3-12(17)21-11/h2-3,5,8H,4,6-7,9H2,1H3. The first-order valence-electron chi connectivity index (χ1n) is 6.80. The van der Waals surface area contributed by atoms with Crippen LogP contribution in [0, 0.1) is 6.92 Å². The highest BCUT2D eigenvalue weighted by Gasteiger charge is 2.13. The number of aryl methyl sites for hydroxylation is 4. The van der Waals surface area contributed by atoms with Gasteiger partial charge in [0.05, 0.1) is 4.34 Å². The fourth-order valence-electron chi connectivity index (χ4n) is 2.40. The quantitative estimate of drug-likeness (QED) is 0.641. The summed E-state index contributed by atoms with van der Waals surface area (Å²) in [6.07, 6.45) is 3.51. The average Bonchev–Trinajstić information content (AvgIpc) is 3.02. The molecule has 0 bridgehead atoms. The summed E-state index contributed by atoms with van der Waals surface area (Å²) in [5.41, 5.74) is 3.06. The van der Waals surface area contributed by atoms with Gasteiger partial charge in [0, 0.05) is 29.9 Å². The molecule has 3 rings (SSSR count). The number of imidazole rings is 1. The third-order valence-electron chi connectivity index (χ3n) is 3.44. The SMILES string of the molecule is Cc1ccnc2c1nc(CCCl)n2CCc1ccc(Cl)s1. The Balaban J connectivity index is 1.95. The van der Waals surface area contributed by atoms with Gasteiger partial charge in [-0.2, -0.15) is 0 Å². The van der Waals surface area contributed by atoms with Gasteiger partial charge in [-0.3, -0.25) is 0 Å².